The second-order valence-corrected chi connectivity index (χ2v) is 5.43. The molecule has 3 unspecified atom stereocenters. The third kappa shape index (κ3) is 2.72. The fraction of sp³-hybridized carbons (Fsp3) is 1.00. The minimum Gasteiger partial charge on any atom is -0.0654 e. The smallest absolute Gasteiger partial charge is 0.0326 e. The molecule has 1 aliphatic carbocycles. The Bertz CT molecular complexity index is 150. The second kappa shape index (κ2) is 4.48. The Morgan fingerprint density at radius 3 is 2.54 bits per heavy atom. The summed E-state index contributed by atoms with van der Waals surface area (Å²) in [6, 6.07) is 0. The minimum atomic E-state index is 0.687. The van der Waals surface area contributed by atoms with E-state index in [1.807, 2.05) is 0 Å². The van der Waals surface area contributed by atoms with Crippen LogP contribution in [-0.2, 0) is 0 Å². The predicted octanol–water partition coefficient (Wildman–Crippen LogP) is 4.64. The molecular weight excluding hydrogens is 156 g/mol. The van der Waals surface area contributed by atoms with Crippen molar-refractivity contribution in [1.29, 1.82) is 0 Å². The first kappa shape index (κ1) is 11.1. The van der Waals surface area contributed by atoms with Crippen molar-refractivity contribution < 1.29 is 0 Å². The monoisotopic (exact) mass is 182 g/mol. The van der Waals surface area contributed by atoms with Crippen LogP contribution in [0.25, 0.3) is 0 Å². The Hall–Kier alpha value is 0. The van der Waals surface area contributed by atoms with Gasteiger partial charge < -0.3 is 0 Å². The zero-order valence-corrected chi connectivity index (χ0v) is 9.90. The lowest BCUT2D eigenvalue weighted by atomic mass is 9.82. The van der Waals surface area contributed by atoms with E-state index < -0.39 is 0 Å². The second-order valence-electron chi connectivity index (χ2n) is 5.43. The van der Waals surface area contributed by atoms with Crippen LogP contribution in [0.2, 0.25) is 0 Å². The highest BCUT2D eigenvalue weighted by Crippen LogP contribution is 2.47. The minimum absolute atomic E-state index is 0.687. The molecule has 0 heterocycles. The van der Waals surface area contributed by atoms with Crippen LogP contribution in [0, 0.1) is 17.3 Å². The molecule has 1 rings (SSSR count). The van der Waals surface area contributed by atoms with E-state index in [2.05, 4.69) is 27.7 Å². The van der Waals surface area contributed by atoms with Crippen LogP contribution in [0.15, 0.2) is 0 Å². The van der Waals surface area contributed by atoms with Crippen LogP contribution in [0.3, 0.4) is 0 Å². The first-order chi connectivity index (χ1) is 6.11. The normalized spacial score (nSPS) is 36.5. The SMILES string of the molecule is CCCC(C)C1CCC(C)(CC)C1. The maximum absolute atomic E-state index is 2.48. The first-order valence-corrected chi connectivity index (χ1v) is 6.11. The molecule has 0 aromatic heterocycles. The van der Waals surface area contributed by atoms with Crippen molar-refractivity contribution in [2.45, 2.75) is 66.2 Å². The fourth-order valence-electron chi connectivity index (χ4n) is 2.87. The highest BCUT2D eigenvalue weighted by molar-refractivity contribution is 4.86. The molecule has 0 spiro atoms. The fourth-order valence-corrected chi connectivity index (χ4v) is 2.87. The molecule has 0 radical (unpaired) electrons. The van der Waals surface area contributed by atoms with E-state index in [4.69, 9.17) is 0 Å². The lowest BCUT2D eigenvalue weighted by molar-refractivity contribution is 0.271. The van der Waals surface area contributed by atoms with Crippen LogP contribution in [-0.4, -0.2) is 0 Å². The summed E-state index contributed by atoms with van der Waals surface area (Å²) in [6.07, 6.45) is 8.63. The van der Waals surface area contributed by atoms with Gasteiger partial charge in [-0.1, -0.05) is 47.0 Å². The van der Waals surface area contributed by atoms with Gasteiger partial charge >= 0.3 is 0 Å². The Labute approximate surface area is 84.1 Å². The van der Waals surface area contributed by atoms with Crippen molar-refractivity contribution >= 4 is 0 Å². The van der Waals surface area contributed by atoms with Crippen molar-refractivity contribution in [1.82, 2.24) is 0 Å². The molecule has 0 bridgehead atoms. The maximum atomic E-state index is 2.48. The number of rotatable bonds is 4. The van der Waals surface area contributed by atoms with E-state index in [0.717, 1.165) is 11.8 Å². The van der Waals surface area contributed by atoms with Gasteiger partial charge in [0.05, 0.1) is 0 Å². The molecule has 0 aromatic rings. The van der Waals surface area contributed by atoms with Crippen molar-refractivity contribution in [2.75, 3.05) is 0 Å². The lowest BCUT2D eigenvalue weighted by Crippen LogP contribution is -2.13. The van der Waals surface area contributed by atoms with E-state index in [0.29, 0.717) is 5.41 Å². The van der Waals surface area contributed by atoms with Gasteiger partial charge in [0.1, 0.15) is 0 Å². The van der Waals surface area contributed by atoms with Gasteiger partial charge in [0.2, 0.25) is 0 Å². The van der Waals surface area contributed by atoms with Gasteiger partial charge in [-0.2, -0.15) is 0 Å². The summed E-state index contributed by atoms with van der Waals surface area (Å²) >= 11 is 0. The van der Waals surface area contributed by atoms with Gasteiger partial charge in [0.15, 0.2) is 0 Å². The molecule has 78 valence electrons. The third-order valence-electron chi connectivity index (χ3n) is 4.28. The molecular formula is C13H26. The molecule has 1 fully saturated rings. The van der Waals surface area contributed by atoms with Gasteiger partial charge in [0, 0.05) is 0 Å². The van der Waals surface area contributed by atoms with E-state index in [9.17, 15) is 0 Å². The summed E-state index contributed by atoms with van der Waals surface area (Å²) in [5.74, 6) is 2.00. The average Bonchev–Trinajstić information content (AvgIpc) is 2.50. The molecule has 0 saturated heterocycles. The molecule has 0 aromatic carbocycles. The van der Waals surface area contributed by atoms with Crippen LogP contribution < -0.4 is 0 Å². The van der Waals surface area contributed by atoms with Crippen molar-refractivity contribution in [2.24, 2.45) is 17.3 Å². The predicted molar refractivity (Wildman–Crippen MR) is 59.8 cm³/mol. The first-order valence-electron chi connectivity index (χ1n) is 6.11. The molecule has 0 N–H and O–H groups in total. The molecule has 3 atom stereocenters. The molecule has 1 saturated carbocycles. The summed E-state index contributed by atoms with van der Waals surface area (Å²) in [5, 5.41) is 0. The van der Waals surface area contributed by atoms with Crippen molar-refractivity contribution in [3.8, 4) is 0 Å². The topological polar surface area (TPSA) is 0 Å². The summed E-state index contributed by atoms with van der Waals surface area (Å²) < 4.78 is 0. The van der Waals surface area contributed by atoms with Gasteiger partial charge in [0.25, 0.3) is 0 Å². The van der Waals surface area contributed by atoms with Gasteiger partial charge in [-0.15, -0.1) is 0 Å². The highest BCUT2D eigenvalue weighted by atomic mass is 14.4. The number of hydrogen-bond acceptors (Lipinski definition) is 0. The Balaban J connectivity index is 2.40. The third-order valence-corrected chi connectivity index (χ3v) is 4.28. The van der Waals surface area contributed by atoms with Crippen LogP contribution >= 0.6 is 0 Å². The Morgan fingerprint density at radius 2 is 2.08 bits per heavy atom. The molecule has 0 nitrogen and oxygen atoms in total. The molecule has 0 amide bonds. The lowest BCUT2D eigenvalue weighted by Gasteiger charge is -2.24. The zero-order valence-electron chi connectivity index (χ0n) is 9.90. The summed E-state index contributed by atoms with van der Waals surface area (Å²) in [7, 11) is 0. The Kier molecular flexibility index (Phi) is 3.82. The average molecular weight is 182 g/mol. The van der Waals surface area contributed by atoms with E-state index in [-0.39, 0.29) is 0 Å². The van der Waals surface area contributed by atoms with E-state index in [1.165, 1.54) is 38.5 Å². The summed E-state index contributed by atoms with van der Waals surface area (Å²) in [5.41, 5.74) is 0.687. The quantitative estimate of drug-likeness (QED) is 0.594. The van der Waals surface area contributed by atoms with Gasteiger partial charge in [-0.05, 0) is 36.5 Å². The van der Waals surface area contributed by atoms with Crippen molar-refractivity contribution in [3.63, 3.8) is 0 Å². The van der Waals surface area contributed by atoms with Crippen LogP contribution in [0.1, 0.15) is 66.2 Å². The summed E-state index contributed by atoms with van der Waals surface area (Å²) in [6.45, 7) is 9.60. The summed E-state index contributed by atoms with van der Waals surface area (Å²) in [4.78, 5) is 0. The highest BCUT2D eigenvalue weighted by Gasteiger charge is 2.35. The molecule has 1 aliphatic rings. The van der Waals surface area contributed by atoms with E-state index >= 15 is 0 Å². The molecule has 0 aliphatic heterocycles. The van der Waals surface area contributed by atoms with Crippen LogP contribution in [0.4, 0.5) is 0 Å². The molecule has 0 heteroatoms. The van der Waals surface area contributed by atoms with E-state index in [1.54, 1.807) is 0 Å². The van der Waals surface area contributed by atoms with Crippen LogP contribution in [0.5, 0.6) is 0 Å². The standard InChI is InChI=1S/C13H26/c1-5-7-11(3)12-8-9-13(4,6-2)10-12/h11-12H,5-10H2,1-4H3. The maximum Gasteiger partial charge on any atom is -0.0326 e. The largest absolute Gasteiger partial charge is 0.0654 e. The number of hydrogen-bond donors (Lipinski definition) is 0. The Morgan fingerprint density at radius 1 is 1.38 bits per heavy atom. The van der Waals surface area contributed by atoms with Gasteiger partial charge in [-0.3, -0.25) is 0 Å². The van der Waals surface area contributed by atoms with Gasteiger partial charge in [-0.25, -0.2) is 0 Å². The zero-order chi connectivity index (χ0) is 9.90. The molecule has 13 heavy (non-hydrogen) atoms. The van der Waals surface area contributed by atoms with Crippen molar-refractivity contribution in [3.05, 3.63) is 0 Å².